The summed E-state index contributed by atoms with van der Waals surface area (Å²) in [6.07, 6.45) is -3.57. The predicted molar refractivity (Wildman–Crippen MR) is 51.8 cm³/mol. The lowest BCUT2D eigenvalue weighted by Crippen LogP contribution is -2.06. The summed E-state index contributed by atoms with van der Waals surface area (Å²) in [5, 5.41) is -0.251. The predicted octanol–water partition coefficient (Wildman–Crippen LogP) is 3.17. The highest BCUT2D eigenvalue weighted by Crippen LogP contribution is 2.42. The first-order valence-corrected chi connectivity index (χ1v) is 4.89. The minimum Gasteiger partial charge on any atom is -0.327 e. The highest BCUT2D eigenvalue weighted by molar-refractivity contribution is 6.31. The SMILES string of the molecule is N[C@@H]1C[C@H]1c1ccc(C(F)(F)F)c(Cl)c1. The number of hydrogen-bond acceptors (Lipinski definition) is 1. The zero-order chi connectivity index (χ0) is 11.2. The fraction of sp³-hybridized carbons (Fsp3) is 0.400. The molecular weight excluding hydrogens is 227 g/mol. The number of rotatable bonds is 1. The zero-order valence-corrected chi connectivity index (χ0v) is 8.44. The van der Waals surface area contributed by atoms with E-state index in [1.54, 1.807) is 0 Å². The normalized spacial score (nSPS) is 25.4. The average Bonchev–Trinajstić information content (AvgIpc) is 2.80. The maximum absolute atomic E-state index is 12.4. The molecule has 0 unspecified atom stereocenters. The molecule has 2 atom stereocenters. The van der Waals surface area contributed by atoms with E-state index in [0.29, 0.717) is 0 Å². The molecule has 0 saturated heterocycles. The molecule has 2 N–H and O–H groups in total. The highest BCUT2D eigenvalue weighted by atomic mass is 35.5. The molecule has 82 valence electrons. The van der Waals surface area contributed by atoms with Gasteiger partial charge in [0.25, 0.3) is 0 Å². The van der Waals surface area contributed by atoms with Gasteiger partial charge in [0.05, 0.1) is 10.6 Å². The Morgan fingerprint density at radius 3 is 2.33 bits per heavy atom. The van der Waals surface area contributed by atoms with Gasteiger partial charge in [0.1, 0.15) is 0 Å². The Balaban J connectivity index is 2.31. The van der Waals surface area contributed by atoms with E-state index in [-0.39, 0.29) is 17.0 Å². The molecule has 5 heteroatoms. The molecule has 0 aliphatic heterocycles. The molecule has 0 radical (unpaired) electrons. The topological polar surface area (TPSA) is 26.0 Å². The van der Waals surface area contributed by atoms with Crippen LogP contribution in [0, 0.1) is 0 Å². The number of benzene rings is 1. The number of hydrogen-bond donors (Lipinski definition) is 1. The van der Waals surface area contributed by atoms with Crippen LogP contribution >= 0.6 is 11.6 Å². The summed E-state index contributed by atoms with van der Waals surface area (Å²) in [6, 6.07) is 3.90. The van der Waals surface area contributed by atoms with Crippen molar-refractivity contribution >= 4 is 11.6 Å². The van der Waals surface area contributed by atoms with E-state index >= 15 is 0 Å². The Kier molecular flexibility index (Phi) is 2.43. The van der Waals surface area contributed by atoms with Crippen molar-refractivity contribution in [2.75, 3.05) is 0 Å². The van der Waals surface area contributed by atoms with Crippen molar-refractivity contribution in [1.82, 2.24) is 0 Å². The van der Waals surface area contributed by atoms with Crippen LogP contribution in [0.2, 0.25) is 5.02 Å². The van der Waals surface area contributed by atoms with E-state index in [4.69, 9.17) is 17.3 Å². The van der Waals surface area contributed by atoms with Gasteiger partial charge in [-0.05, 0) is 24.1 Å². The van der Waals surface area contributed by atoms with Crippen LogP contribution < -0.4 is 5.73 Å². The second-order valence-electron chi connectivity index (χ2n) is 3.74. The minimum absolute atomic E-state index is 0.0674. The van der Waals surface area contributed by atoms with Crippen molar-refractivity contribution in [3.8, 4) is 0 Å². The van der Waals surface area contributed by atoms with Gasteiger partial charge >= 0.3 is 6.18 Å². The van der Waals surface area contributed by atoms with E-state index in [9.17, 15) is 13.2 Å². The summed E-state index contributed by atoms with van der Waals surface area (Å²) < 4.78 is 37.1. The number of alkyl halides is 3. The van der Waals surface area contributed by atoms with Crippen LogP contribution in [0.25, 0.3) is 0 Å². The Morgan fingerprint density at radius 2 is 1.93 bits per heavy atom. The first-order chi connectivity index (χ1) is 6.89. The summed E-state index contributed by atoms with van der Waals surface area (Å²) in [6.45, 7) is 0. The molecule has 1 aromatic rings. The van der Waals surface area contributed by atoms with E-state index in [1.165, 1.54) is 12.1 Å². The molecule has 1 saturated carbocycles. The molecule has 15 heavy (non-hydrogen) atoms. The van der Waals surface area contributed by atoms with Gasteiger partial charge in [0.15, 0.2) is 0 Å². The molecule has 0 bridgehead atoms. The Morgan fingerprint density at radius 1 is 1.33 bits per heavy atom. The van der Waals surface area contributed by atoms with Crippen molar-refractivity contribution in [2.24, 2.45) is 5.73 Å². The zero-order valence-electron chi connectivity index (χ0n) is 7.68. The Hall–Kier alpha value is -0.740. The van der Waals surface area contributed by atoms with Gasteiger partial charge in [-0.2, -0.15) is 13.2 Å². The van der Waals surface area contributed by atoms with Crippen LogP contribution in [0.1, 0.15) is 23.5 Å². The van der Waals surface area contributed by atoms with Gasteiger partial charge in [-0.15, -0.1) is 0 Å². The Labute approximate surface area is 90.0 Å². The van der Waals surface area contributed by atoms with Gasteiger partial charge in [0.2, 0.25) is 0 Å². The molecule has 0 aromatic heterocycles. The summed E-state index contributed by atoms with van der Waals surface area (Å²) in [5.74, 6) is 0.171. The highest BCUT2D eigenvalue weighted by Gasteiger charge is 2.37. The van der Waals surface area contributed by atoms with Crippen molar-refractivity contribution in [3.05, 3.63) is 34.3 Å². The lowest BCUT2D eigenvalue weighted by molar-refractivity contribution is -0.137. The third-order valence-corrected chi connectivity index (χ3v) is 2.88. The van der Waals surface area contributed by atoms with Gasteiger partial charge in [-0.1, -0.05) is 17.7 Å². The first-order valence-electron chi connectivity index (χ1n) is 4.52. The van der Waals surface area contributed by atoms with Crippen LogP contribution in [0.15, 0.2) is 18.2 Å². The number of halogens is 4. The van der Waals surface area contributed by atoms with E-state index in [1.807, 2.05) is 0 Å². The number of nitrogens with two attached hydrogens (primary N) is 1. The van der Waals surface area contributed by atoms with Crippen LogP contribution in [0.5, 0.6) is 0 Å². The third-order valence-electron chi connectivity index (χ3n) is 2.57. The van der Waals surface area contributed by atoms with E-state index in [2.05, 4.69) is 0 Å². The maximum Gasteiger partial charge on any atom is 0.417 e. The maximum atomic E-state index is 12.4. The van der Waals surface area contributed by atoms with Crippen molar-refractivity contribution in [2.45, 2.75) is 24.6 Å². The average molecular weight is 236 g/mol. The quantitative estimate of drug-likeness (QED) is 0.795. The standard InChI is InChI=1S/C10H9ClF3N/c11-8-3-5(6-4-9(6)15)1-2-7(8)10(12,13)14/h1-3,6,9H,4,15H2/t6-,9+/m0/s1. The van der Waals surface area contributed by atoms with Gasteiger partial charge in [-0.25, -0.2) is 0 Å². The Bertz CT molecular complexity index is 389. The molecule has 1 nitrogen and oxygen atoms in total. The van der Waals surface area contributed by atoms with Crippen molar-refractivity contribution in [3.63, 3.8) is 0 Å². The fourth-order valence-corrected chi connectivity index (χ4v) is 1.89. The fourth-order valence-electron chi connectivity index (χ4n) is 1.59. The summed E-state index contributed by atoms with van der Waals surface area (Å²) >= 11 is 5.57. The molecule has 0 amide bonds. The lowest BCUT2D eigenvalue weighted by Gasteiger charge is -2.09. The molecule has 1 fully saturated rings. The van der Waals surface area contributed by atoms with Gasteiger partial charge < -0.3 is 5.73 Å². The van der Waals surface area contributed by atoms with E-state index in [0.717, 1.165) is 18.1 Å². The third kappa shape index (κ3) is 2.11. The molecule has 0 heterocycles. The lowest BCUT2D eigenvalue weighted by atomic mass is 10.1. The molecular formula is C10H9ClF3N. The first kappa shape index (κ1) is 10.8. The monoisotopic (exact) mass is 235 g/mol. The second kappa shape index (κ2) is 3.39. The van der Waals surface area contributed by atoms with Gasteiger partial charge in [-0.3, -0.25) is 0 Å². The van der Waals surface area contributed by atoms with Crippen molar-refractivity contribution in [1.29, 1.82) is 0 Å². The molecule has 1 aromatic carbocycles. The van der Waals surface area contributed by atoms with E-state index < -0.39 is 11.7 Å². The molecule has 2 rings (SSSR count). The smallest absolute Gasteiger partial charge is 0.327 e. The molecule has 1 aliphatic rings. The van der Waals surface area contributed by atoms with Crippen LogP contribution in [-0.4, -0.2) is 6.04 Å². The van der Waals surface area contributed by atoms with Gasteiger partial charge in [0, 0.05) is 12.0 Å². The molecule has 1 aliphatic carbocycles. The summed E-state index contributed by atoms with van der Waals surface area (Å²) in [7, 11) is 0. The second-order valence-corrected chi connectivity index (χ2v) is 4.15. The minimum atomic E-state index is -4.39. The summed E-state index contributed by atoms with van der Waals surface area (Å²) in [4.78, 5) is 0. The van der Waals surface area contributed by atoms with Crippen LogP contribution in [0.4, 0.5) is 13.2 Å². The molecule has 0 spiro atoms. The summed E-state index contributed by atoms with van der Waals surface area (Å²) in [5.41, 5.74) is 5.61. The van der Waals surface area contributed by atoms with Crippen LogP contribution in [0.3, 0.4) is 0 Å². The van der Waals surface area contributed by atoms with Crippen molar-refractivity contribution < 1.29 is 13.2 Å². The largest absolute Gasteiger partial charge is 0.417 e. The van der Waals surface area contributed by atoms with Crippen LogP contribution in [-0.2, 0) is 6.18 Å².